The third-order valence-corrected chi connectivity index (χ3v) is 3.24. The second-order valence-corrected chi connectivity index (χ2v) is 8.09. The van der Waals surface area contributed by atoms with E-state index >= 15 is 0 Å². The quantitative estimate of drug-likeness (QED) is 0.694. The highest BCUT2D eigenvalue weighted by Crippen LogP contribution is 2.34. The summed E-state index contributed by atoms with van der Waals surface area (Å²) < 4.78 is 5.61. The van der Waals surface area contributed by atoms with E-state index in [1.807, 2.05) is 55.4 Å². The van der Waals surface area contributed by atoms with E-state index in [0.29, 0.717) is 12.5 Å². The molecule has 0 spiro atoms. The maximum absolute atomic E-state index is 12.6. The zero-order valence-electron chi connectivity index (χ0n) is 14.0. The number of nitrogens with zero attached hydrogens (tertiary/aromatic N) is 1. The first-order valence-corrected chi connectivity index (χ1v) is 7.00. The van der Waals surface area contributed by atoms with Crippen molar-refractivity contribution in [1.82, 2.24) is 4.90 Å². The average molecular weight is 281 g/mol. The molecule has 1 saturated heterocycles. The first kappa shape index (κ1) is 16.7. The number of allylic oxidation sites excluding steroid dienone is 1. The van der Waals surface area contributed by atoms with Crippen LogP contribution in [-0.2, 0) is 14.3 Å². The van der Waals surface area contributed by atoms with Gasteiger partial charge < -0.3 is 4.74 Å². The molecule has 1 heterocycles. The van der Waals surface area contributed by atoms with E-state index in [1.165, 1.54) is 6.08 Å². The Kier molecular flexibility index (Phi) is 4.10. The van der Waals surface area contributed by atoms with E-state index in [-0.39, 0.29) is 11.7 Å². The van der Waals surface area contributed by atoms with Crippen LogP contribution in [0.2, 0.25) is 0 Å². The minimum absolute atomic E-state index is 0.0343. The molecule has 0 aliphatic carbocycles. The molecule has 1 aliphatic rings. The van der Waals surface area contributed by atoms with Crippen LogP contribution in [0.15, 0.2) is 12.0 Å². The SMILES string of the molecule is CC(C)(C)C(=O)/C=C1\OCC(C)(C)N1C(=O)C(C)(C)C. The Labute approximate surface area is 122 Å². The molecule has 114 valence electrons. The predicted octanol–water partition coefficient (Wildman–Crippen LogP) is 3.13. The smallest absolute Gasteiger partial charge is 0.235 e. The Hall–Kier alpha value is -1.32. The zero-order chi connectivity index (χ0) is 15.9. The Morgan fingerprint density at radius 3 is 2.00 bits per heavy atom. The Balaban J connectivity index is 3.18. The molecular formula is C16H27NO3. The first-order chi connectivity index (χ1) is 8.77. The molecule has 1 amide bonds. The van der Waals surface area contributed by atoms with Gasteiger partial charge in [0.15, 0.2) is 11.7 Å². The van der Waals surface area contributed by atoms with Gasteiger partial charge in [0.25, 0.3) is 0 Å². The van der Waals surface area contributed by atoms with Crippen molar-refractivity contribution in [3.63, 3.8) is 0 Å². The van der Waals surface area contributed by atoms with Crippen LogP contribution in [0.4, 0.5) is 0 Å². The van der Waals surface area contributed by atoms with E-state index in [2.05, 4.69) is 0 Å². The van der Waals surface area contributed by atoms with Gasteiger partial charge in [-0.05, 0) is 13.8 Å². The molecule has 0 atom stereocenters. The normalized spacial score (nSPS) is 21.0. The van der Waals surface area contributed by atoms with Crippen LogP contribution in [0, 0.1) is 10.8 Å². The van der Waals surface area contributed by atoms with E-state index < -0.39 is 16.4 Å². The van der Waals surface area contributed by atoms with Gasteiger partial charge in [-0.1, -0.05) is 41.5 Å². The molecule has 0 bridgehead atoms. The summed E-state index contributed by atoms with van der Waals surface area (Å²) in [6.07, 6.45) is 1.46. The second kappa shape index (κ2) is 4.90. The van der Waals surface area contributed by atoms with Gasteiger partial charge >= 0.3 is 0 Å². The monoisotopic (exact) mass is 281 g/mol. The van der Waals surface area contributed by atoms with Crippen molar-refractivity contribution in [3.8, 4) is 0 Å². The zero-order valence-corrected chi connectivity index (χ0v) is 14.0. The van der Waals surface area contributed by atoms with Crippen LogP contribution in [0.3, 0.4) is 0 Å². The fraction of sp³-hybridized carbons (Fsp3) is 0.750. The van der Waals surface area contributed by atoms with E-state index in [0.717, 1.165) is 0 Å². The number of hydrogen-bond acceptors (Lipinski definition) is 3. The van der Waals surface area contributed by atoms with E-state index in [9.17, 15) is 9.59 Å². The third kappa shape index (κ3) is 3.41. The van der Waals surface area contributed by atoms with Crippen molar-refractivity contribution in [2.24, 2.45) is 10.8 Å². The van der Waals surface area contributed by atoms with Gasteiger partial charge in [0, 0.05) is 16.9 Å². The molecule has 1 fully saturated rings. The summed E-state index contributed by atoms with van der Waals surface area (Å²) in [5.74, 6) is 0.291. The molecule has 0 aromatic rings. The number of ether oxygens (including phenoxy) is 1. The summed E-state index contributed by atoms with van der Waals surface area (Å²) in [5, 5.41) is 0. The van der Waals surface area contributed by atoms with Gasteiger partial charge in [0.1, 0.15) is 6.61 Å². The maximum Gasteiger partial charge on any atom is 0.235 e. The van der Waals surface area contributed by atoms with Crippen molar-refractivity contribution in [1.29, 1.82) is 0 Å². The summed E-state index contributed by atoms with van der Waals surface area (Å²) in [6, 6.07) is 0. The number of rotatable bonds is 1. The standard InChI is InChI=1S/C16H27NO3/c1-14(2,3)11(18)9-12-17(13(19)15(4,5)6)16(7,8)10-20-12/h9H,10H2,1-8H3/b12-9-. The first-order valence-electron chi connectivity index (χ1n) is 7.00. The van der Waals surface area contributed by atoms with Gasteiger partial charge in [-0.15, -0.1) is 0 Å². The molecule has 0 saturated carbocycles. The molecule has 20 heavy (non-hydrogen) atoms. The summed E-state index contributed by atoms with van der Waals surface area (Å²) in [6.45, 7) is 15.4. The lowest BCUT2D eigenvalue weighted by Crippen LogP contribution is -2.48. The summed E-state index contributed by atoms with van der Waals surface area (Å²) >= 11 is 0. The topological polar surface area (TPSA) is 46.6 Å². The number of carbonyl (C=O) groups excluding carboxylic acids is 2. The molecule has 4 nitrogen and oxygen atoms in total. The predicted molar refractivity (Wildman–Crippen MR) is 78.9 cm³/mol. The van der Waals surface area contributed by atoms with Gasteiger partial charge in [0.2, 0.25) is 5.91 Å². The highest BCUT2D eigenvalue weighted by molar-refractivity contribution is 5.95. The van der Waals surface area contributed by atoms with Gasteiger partial charge in [0.05, 0.1) is 5.54 Å². The van der Waals surface area contributed by atoms with Gasteiger partial charge in [-0.2, -0.15) is 0 Å². The minimum Gasteiger partial charge on any atom is -0.476 e. The minimum atomic E-state index is -0.519. The molecule has 0 unspecified atom stereocenters. The van der Waals surface area contributed by atoms with Crippen molar-refractivity contribution in [3.05, 3.63) is 12.0 Å². The third-order valence-electron chi connectivity index (χ3n) is 3.24. The number of amides is 1. The molecule has 0 radical (unpaired) electrons. The molecule has 0 aromatic carbocycles. The van der Waals surface area contributed by atoms with Gasteiger partial charge in [-0.3, -0.25) is 14.5 Å². The van der Waals surface area contributed by atoms with Crippen molar-refractivity contribution in [2.45, 2.75) is 60.9 Å². The molecule has 0 N–H and O–H groups in total. The van der Waals surface area contributed by atoms with Crippen molar-refractivity contribution in [2.75, 3.05) is 6.61 Å². The highest BCUT2D eigenvalue weighted by Gasteiger charge is 2.45. The highest BCUT2D eigenvalue weighted by atomic mass is 16.5. The van der Waals surface area contributed by atoms with Crippen LogP contribution in [0.25, 0.3) is 0 Å². The number of carbonyl (C=O) groups is 2. The summed E-state index contributed by atoms with van der Waals surface area (Å²) in [7, 11) is 0. The summed E-state index contributed by atoms with van der Waals surface area (Å²) in [4.78, 5) is 26.4. The van der Waals surface area contributed by atoms with Crippen LogP contribution < -0.4 is 0 Å². The Morgan fingerprint density at radius 1 is 1.10 bits per heavy atom. The molecule has 4 heteroatoms. The van der Waals surface area contributed by atoms with Crippen molar-refractivity contribution < 1.29 is 14.3 Å². The van der Waals surface area contributed by atoms with Crippen LogP contribution in [0.5, 0.6) is 0 Å². The summed E-state index contributed by atoms with van der Waals surface area (Å²) in [5.41, 5.74) is -1.44. The van der Waals surface area contributed by atoms with Crippen LogP contribution in [0.1, 0.15) is 55.4 Å². The number of ketones is 1. The van der Waals surface area contributed by atoms with Gasteiger partial charge in [-0.25, -0.2) is 0 Å². The molecular weight excluding hydrogens is 254 g/mol. The Morgan fingerprint density at radius 2 is 1.60 bits per heavy atom. The molecule has 1 rings (SSSR count). The lowest BCUT2D eigenvalue weighted by atomic mass is 9.90. The Bertz CT molecular complexity index is 447. The molecule has 1 aliphatic heterocycles. The van der Waals surface area contributed by atoms with Crippen molar-refractivity contribution >= 4 is 11.7 Å². The second-order valence-electron chi connectivity index (χ2n) is 8.09. The number of hydrogen-bond donors (Lipinski definition) is 0. The average Bonchev–Trinajstić information content (AvgIpc) is 2.50. The fourth-order valence-electron chi connectivity index (χ4n) is 1.82. The van der Waals surface area contributed by atoms with Crippen LogP contribution >= 0.6 is 0 Å². The van der Waals surface area contributed by atoms with E-state index in [4.69, 9.17) is 4.74 Å². The lowest BCUT2D eigenvalue weighted by molar-refractivity contribution is -0.140. The molecule has 0 aromatic heterocycles. The van der Waals surface area contributed by atoms with Crippen LogP contribution in [-0.4, -0.2) is 28.7 Å². The fourth-order valence-corrected chi connectivity index (χ4v) is 1.82. The largest absolute Gasteiger partial charge is 0.476 e. The lowest BCUT2D eigenvalue weighted by Gasteiger charge is -2.33. The maximum atomic E-state index is 12.6. The van der Waals surface area contributed by atoms with E-state index in [1.54, 1.807) is 4.90 Å².